The van der Waals surface area contributed by atoms with Gasteiger partial charge >= 0.3 is 0 Å². The maximum absolute atomic E-state index is 10.9. The van der Waals surface area contributed by atoms with Gasteiger partial charge in [0.15, 0.2) is 0 Å². The number of nitrogens with one attached hydrogen (secondary N) is 1. The molecule has 0 spiro atoms. The number of ether oxygens (including phenoxy) is 1. The molecule has 0 aliphatic carbocycles. The van der Waals surface area contributed by atoms with Crippen LogP contribution in [0.3, 0.4) is 0 Å². The summed E-state index contributed by atoms with van der Waals surface area (Å²) in [7, 11) is 1.61. The van der Waals surface area contributed by atoms with E-state index in [1.165, 1.54) is 38.5 Å². The van der Waals surface area contributed by atoms with E-state index < -0.39 is 0 Å². The van der Waals surface area contributed by atoms with Gasteiger partial charge in [-0.2, -0.15) is 0 Å². The molecule has 0 atom stereocenters. The number of unbranched alkanes of at least 4 members (excludes halogenated alkanes) is 2. The van der Waals surface area contributed by atoms with E-state index >= 15 is 0 Å². The Morgan fingerprint density at radius 1 is 1.25 bits per heavy atom. The summed E-state index contributed by atoms with van der Waals surface area (Å²) < 4.78 is 5.32. The number of carbonyl (C=O) groups excluding carboxylic acids is 1. The van der Waals surface area contributed by atoms with Crippen LogP contribution in [0.2, 0.25) is 5.02 Å². The molecule has 3 nitrogen and oxygen atoms in total. The van der Waals surface area contributed by atoms with Crippen LogP contribution in [0.5, 0.6) is 5.75 Å². The van der Waals surface area contributed by atoms with Gasteiger partial charge in [-0.15, -0.1) is 11.8 Å². The Balaban J connectivity index is 2.93. The summed E-state index contributed by atoms with van der Waals surface area (Å²) in [5, 5.41) is 3.25. The summed E-state index contributed by atoms with van der Waals surface area (Å²) in [6, 6.07) is 3.67. The second-order valence-corrected chi connectivity index (χ2v) is 7.98. The van der Waals surface area contributed by atoms with Gasteiger partial charge in [0, 0.05) is 10.6 Å². The third-order valence-electron chi connectivity index (χ3n) is 4.31. The number of methoxy groups -OCH3 is 1. The number of hydrogen-bond donors (Lipinski definition) is 1. The second kappa shape index (κ2) is 10.9. The molecule has 0 saturated heterocycles. The van der Waals surface area contributed by atoms with Gasteiger partial charge in [0.25, 0.3) is 0 Å². The fourth-order valence-electron chi connectivity index (χ4n) is 2.72. The summed E-state index contributed by atoms with van der Waals surface area (Å²) in [6.45, 7) is 6.86. The fraction of sp³-hybridized carbons (Fsp3) is 0.632. The zero-order chi connectivity index (χ0) is 18.0. The molecule has 0 saturated carbocycles. The van der Waals surface area contributed by atoms with Crippen LogP contribution in [0.15, 0.2) is 17.0 Å². The van der Waals surface area contributed by atoms with Crippen molar-refractivity contribution in [1.29, 1.82) is 0 Å². The van der Waals surface area contributed by atoms with Crippen molar-refractivity contribution in [3.8, 4) is 5.75 Å². The minimum absolute atomic E-state index is 0.308. The zero-order valence-corrected chi connectivity index (χ0v) is 16.9. The van der Waals surface area contributed by atoms with Crippen LogP contribution < -0.4 is 10.1 Å². The van der Waals surface area contributed by atoms with Gasteiger partial charge in [0.2, 0.25) is 6.41 Å². The van der Waals surface area contributed by atoms with Crippen LogP contribution in [-0.2, 0) is 4.79 Å². The van der Waals surface area contributed by atoms with E-state index in [1.807, 2.05) is 6.07 Å². The van der Waals surface area contributed by atoms with Crippen LogP contribution >= 0.6 is 23.4 Å². The van der Waals surface area contributed by atoms with Crippen LogP contribution in [-0.4, -0.2) is 19.3 Å². The highest BCUT2D eigenvalue weighted by Gasteiger charge is 2.24. The van der Waals surface area contributed by atoms with Crippen LogP contribution in [0.1, 0.15) is 59.3 Å². The lowest BCUT2D eigenvalue weighted by Gasteiger charge is -2.30. The van der Waals surface area contributed by atoms with Crippen LogP contribution in [0.25, 0.3) is 0 Å². The van der Waals surface area contributed by atoms with Gasteiger partial charge < -0.3 is 10.1 Å². The minimum atomic E-state index is 0.308. The standard InChI is InChI=1S/C19H30ClNO2S/c1-5-7-9-19(3,10-8-6-2)13-24-18-12-17(23-4)15(20)11-16(18)21-14-22/h11-12,14H,5-10,13H2,1-4H3,(H,21,22). The summed E-state index contributed by atoms with van der Waals surface area (Å²) in [5.74, 6) is 1.66. The first-order valence-corrected chi connectivity index (χ1v) is 10.1. The molecule has 24 heavy (non-hydrogen) atoms. The molecule has 1 aromatic rings. The van der Waals surface area contributed by atoms with E-state index in [0.717, 1.165) is 16.3 Å². The summed E-state index contributed by atoms with van der Waals surface area (Å²) in [4.78, 5) is 11.9. The average Bonchev–Trinajstić information content (AvgIpc) is 2.58. The number of anilines is 1. The third kappa shape index (κ3) is 6.56. The molecule has 0 aliphatic heterocycles. The lowest BCUT2D eigenvalue weighted by molar-refractivity contribution is -0.105. The van der Waals surface area contributed by atoms with Crippen molar-refractivity contribution in [2.45, 2.75) is 64.2 Å². The van der Waals surface area contributed by atoms with Crippen molar-refractivity contribution in [2.75, 3.05) is 18.2 Å². The molecule has 0 aliphatic rings. The zero-order valence-electron chi connectivity index (χ0n) is 15.3. The molecular weight excluding hydrogens is 342 g/mol. The Bertz CT molecular complexity index is 514. The van der Waals surface area contributed by atoms with Crippen molar-refractivity contribution in [3.63, 3.8) is 0 Å². The number of carbonyl (C=O) groups is 1. The molecule has 136 valence electrons. The Morgan fingerprint density at radius 2 is 1.88 bits per heavy atom. The smallest absolute Gasteiger partial charge is 0.211 e. The topological polar surface area (TPSA) is 38.3 Å². The van der Waals surface area contributed by atoms with Gasteiger partial charge in [-0.25, -0.2) is 0 Å². The Labute approximate surface area is 155 Å². The van der Waals surface area contributed by atoms with E-state index in [9.17, 15) is 4.79 Å². The molecule has 0 bridgehead atoms. The van der Waals surface area contributed by atoms with E-state index in [0.29, 0.717) is 22.6 Å². The SMILES string of the molecule is CCCCC(C)(CCCC)CSc1cc(OC)c(Cl)cc1NC=O. The number of benzene rings is 1. The van der Waals surface area contributed by atoms with Gasteiger partial charge in [0.1, 0.15) is 5.75 Å². The van der Waals surface area contributed by atoms with Crippen molar-refractivity contribution in [3.05, 3.63) is 17.2 Å². The molecular formula is C19H30ClNO2S. The van der Waals surface area contributed by atoms with Crippen molar-refractivity contribution >= 4 is 35.5 Å². The summed E-state index contributed by atoms with van der Waals surface area (Å²) in [5.41, 5.74) is 1.05. The average molecular weight is 372 g/mol. The number of hydrogen-bond acceptors (Lipinski definition) is 3. The maximum atomic E-state index is 10.9. The number of thioether (sulfide) groups is 1. The van der Waals surface area contributed by atoms with E-state index in [-0.39, 0.29) is 0 Å². The largest absolute Gasteiger partial charge is 0.495 e. The molecule has 1 rings (SSSR count). The van der Waals surface area contributed by atoms with Crippen LogP contribution in [0, 0.1) is 5.41 Å². The molecule has 0 radical (unpaired) electrons. The summed E-state index contributed by atoms with van der Waals surface area (Å²) in [6.07, 6.45) is 8.11. The first kappa shape index (κ1) is 21.2. The van der Waals surface area contributed by atoms with Crippen molar-refractivity contribution in [1.82, 2.24) is 0 Å². The third-order valence-corrected chi connectivity index (χ3v) is 6.10. The van der Waals surface area contributed by atoms with Crippen LogP contribution in [0.4, 0.5) is 5.69 Å². The normalized spacial score (nSPS) is 11.4. The predicted molar refractivity (Wildman–Crippen MR) is 106 cm³/mol. The molecule has 0 fully saturated rings. The Kier molecular flexibility index (Phi) is 9.60. The van der Waals surface area contributed by atoms with Gasteiger partial charge in [-0.3, -0.25) is 4.79 Å². The highest BCUT2D eigenvalue weighted by Crippen LogP contribution is 2.41. The number of rotatable bonds is 12. The molecule has 1 aromatic carbocycles. The van der Waals surface area contributed by atoms with Crippen molar-refractivity contribution < 1.29 is 9.53 Å². The monoisotopic (exact) mass is 371 g/mol. The Hall–Kier alpha value is -0.870. The molecule has 1 amide bonds. The first-order valence-electron chi connectivity index (χ1n) is 8.70. The molecule has 0 aromatic heterocycles. The predicted octanol–water partition coefficient (Wildman–Crippen LogP) is 6.40. The highest BCUT2D eigenvalue weighted by molar-refractivity contribution is 7.99. The number of amides is 1. The molecule has 1 N–H and O–H groups in total. The van der Waals surface area contributed by atoms with Gasteiger partial charge in [-0.1, -0.05) is 58.1 Å². The Morgan fingerprint density at radius 3 is 2.38 bits per heavy atom. The maximum Gasteiger partial charge on any atom is 0.211 e. The number of halogens is 1. The quantitative estimate of drug-likeness (QED) is 0.341. The van der Waals surface area contributed by atoms with E-state index in [4.69, 9.17) is 16.3 Å². The summed E-state index contributed by atoms with van der Waals surface area (Å²) >= 11 is 7.95. The second-order valence-electron chi connectivity index (χ2n) is 6.55. The molecule has 5 heteroatoms. The van der Waals surface area contributed by atoms with E-state index in [1.54, 1.807) is 24.9 Å². The highest BCUT2D eigenvalue weighted by atomic mass is 35.5. The molecule has 0 heterocycles. The lowest BCUT2D eigenvalue weighted by Crippen LogP contribution is -2.19. The van der Waals surface area contributed by atoms with Gasteiger partial charge in [-0.05, 0) is 30.4 Å². The lowest BCUT2D eigenvalue weighted by atomic mass is 9.82. The van der Waals surface area contributed by atoms with Crippen molar-refractivity contribution in [2.24, 2.45) is 5.41 Å². The fourth-order valence-corrected chi connectivity index (χ4v) is 4.21. The molecule has 0 unspecified atom stereocenters. The van der Waals surface area contributed by atoms with E-state index in [2.05, 4.69) is 26.1 Å². The van der Waals surface area contributed by atoms with Gasteiger partial charge in [0.05, 0.1) is 17.8 Å². The first-order chi connectivity index (χ1) is 11.5. The minimum Gasteiger partial charge on any atom is -0.495 e.